The molecule has 3 N–H and O–H groups in total. The summed E-state index contributed by atoms with van der Waals surface area (Å²) in [6.07, 6.45) is 5.77. The van der Waals surface area contributed by atoms with Crippen molar-refractivity contribution in [3.63, 3.8) is 0 Å². The lowest BCUT2D eigenvalue weighted by molar-refractivity contribution is 0.205. The number of hydrogen-bond acceptors (Lipinski definition) is 4. The van der Waals surface area contributed by atoms with Gasteiger partial charge < -0.3 is 15.7 Å². The number of aliphatic hydroxyl groups is 1. The summed E-state index contributed by atoms with van der Waals surface area (Å²) in [4.78, 5) is 20.2. The monoisotopic (exact) mass is 342 g/mol. The molecule has 2 rings (SSSR count). The highest BCUT2D eigenvalue weighted by Crippen LogP contribution is 2.20. The Morgan fingerprint density at radius 1 is 1.04 bits per heavy atom. The molecule has 0 saturated carbocycles. The molecule has 0 radical (unpaired) electrons. The quantitative estimate of drug-likeness (QED) is 0.722. The normalized spacial score (nSPS) is 13.3. The topological polar surface area (TPSA) is 87.1 Å². The number of carbonyl (C=O) groups excluding carboxylic acids is 1. The van der Waals surface area contributed by atoms with Crippen LogP contribution in [0.15, 0.2) is 43.0 Å². The van der Waals surface area contributed by atoms with Gasteiger partial charge in [0.2, 0.25) is 0 Å². The van der Waals surface area contributed by atoms with Gasteiger partial charge in [-0.25, -0.2) is 14.8 Å². The largest absolute Gasteiger partial charge is 0.394 e. The molecule has 2 amide bonds. The zero-order chi connectivity index (χ0) is 18.2. The second kappa shape index (κ2) is 9.13. The highest BCUT2D eigenvalue weighted by molar-refractivity contribution is 5.74. The third-order valence-corrected chi connectivity index (χ3v) is 3.96. The van der Waals surface area contributed by atoms with Crippen LogP contribution in [0.2, 0.25) is 0 Å². The van der Waals surface area contributed by atoms with Crippen LogP contribution in [0.5, 0.6) is 0 Å². The fourth-order valence-corrected chi connectivity index (χ4v) is 2.67. The van der Waals surface area contributed by atoms with Gasteiger partial charge in [-0.2, -0.15) is 0 Å². The van der Waals surface area contributed by atoms with E-state index < -0.39 is 0 Å². The molecule has 6 nitrogen and oxygen atoms in total. The molecule has 2 atom stereocenters. The molecule has 6 heteroatoms. The summed E-state index contributed by atoms with van der Waals surface area (Å²) in [5.41, 5.74) is 2.98. The molecule has 134 valence electrons. The zero-order valence-corrected chi connectivity index (χ0v) is 14.9. The smallest absolute Gasteiger partial charge is 0.315 e. The van der Waals surface area contributed by atoms with Crippen LogP contribution in [0.1, 0.15) is 38.8 Å². The van der Waals surface area contributed by atoms with Crippen LogP contribution < -0.4 is 10.6 Å². The maximum absolute atomic E-state index is 12.1. The van der Waals surface area contributed by atoms with Crippen LogP contribution in [-0.2, 0) is 0 Å². The van der Waals surface area contributed by atoms with E-state index in [0.717, 1.165) is 23.1 Å². The Balaban J connectivity index is 1.94. The van der Waals surface area contributed by atoms with Crippen molar-refractivity contribution in [2.45, 2.75) is 39.3 Å². The molecule has 0 aliphatic carbocycles. The summed E-state index contributed by atoms with van der Waals surface area (Å²) in [5.74, 6) is 0.407. The molecule has 1 aromatic carbocycles. The van der Waals surface area contributed by atoms with E-state index in [0.29, 0.717) is 5.92 Å². The van der Waals surface area contributed by atoms with E-state index in [1.807, 2.05) is 31.2 Å². The number of carbonyl (C=O) groups is 1. The minimum absolute atomic E-state index is 0.0617. The van der Waals surface area contributed by atoms with Crippen molar-refractivity contribution in [3.05, 3.63) is 48.5 Å². The molecule has 0 bridgehead atoms. The first-order valence-corrected chi connectivity index (χ1v) is 8.52. The molecule has 0 fully saturated rings. The summed E-state index contributed by atoms with van der Waals surface area (Å²) < 4.78 is 0. The van der Waals surface area contributed by atoms with Gasteiger partial charge in [0.25, 0.3) is 0 Å². The van der Waals surface area contributed by atoms with Gasteiger partial charge in [0.1, 0.15) is 6.33 Å². The third-order valence-electron chi connectivity index (χ3n) is 3.96. The number of aliphatic hydroxyl groups excluding tert-OH is 1. The molecular weight excluding hydrogens is 316 g/mol. The summed E-state index contributed by atoms with van der Waals surface area (Å²) in [6.45, 7) is 5.98. The van der Waals surface area contributed by atoms with E-state index in [1.165, 1.54) is 6.33 Å². The van der Waals surface area contributed by atoms with Gasteiger partial charge in [-0.15, -0.1) is 0 Å². The Morgan fingerprint density at radius 3 is 2.24 bits per heavy atom. The molecule has 0 aliphatic rings. The van der Waals surface area contributed by atoms with Gasteiger partial charge in [-0.05, 0) is 30.4 Å². The predicted octanol–water partition coefficient (Wildman–Crippen LogP) is 2.91. The van der Waals surface area contributed by atoms with Crippen molar-refractivity contribution < 1.29 is 9.90 Å². The first-order valence-electron chi connectivity index (χ1n) is 8.52. The van der Waals surface area contributed by atoms with Gasteiger partial charge in [-0.3, -0.25) is 0 Å². The van der Waals surface area contributed by atoms with E-state index >= 15 is 0 Å². The van der Waals surface area contributed by atoms with Crippen molar-refractivity contribution in [3.8, 4) is 11.1 Å². The molecular formula is C19H26N4O2. The van der Waals surface area contributed by atoms with Gasteiger partial charge in [0.15, 0.2) is 0 Å². The van der Waals surface area contributed by atoms with E-state index in [9.17, 15) is 9.90 Å². The fraction of sp³-hybridized carbons (Fsp3) is 0.421. The Morgan fingerprint density at radius 2 is 1.68 bits per heavy atom. The lowest BCUT2D eigenvalue weighted by atomic mass is 10.0. The summed E-state index contributed by atoms with van der Waals surface area (Å²) in [6, 6.07) is 7.29. The van der Waals surface area contributed by atoms with E-state index in [2.05, 4.69) is 34.4 Å². The first kappa shape index (κ1) is 18.9. The average molecular weight is 342 g/mol. The first-order chi connectivity index (χ1) is 12.0. The van der Waals surface area contributed by atoms with Crippen LogP contribution in [-0.4, -0.2) is 33.8 Å². The maximum atomic E-state index is 12.1. The Labute approximate surface area is 148 Å². The lowest BCUT2D eigenvalue weighted by Crippen LogP contribution is -2.45. The SMILES string of the molecule is CC(C)C[C@H](CO)NC(=O)N[C@H](C)c1ccc(-c2cncnc2)cc1. The van der Waals surface area contributed by atoms with Gasteiger partial charge in [0, 0.05) is 18.0 Å². The molecule has 2 aromatic rings. The number of rotatable bonds is 7. The molecule has 1 aromatic heterocycles. The van der Waals surface area contributed by atoms with Gasteiger partial charge in [-0.1, -0.05) is 38.1 Å². The lowest BCUT2D eigenvalue weighted by Gasteiger charge is -2.21. The summed E-state index contributed by atoms with van der Waals surface area (Å²) in [7, 11) is 0. The predicted molar refractivity (Wildman–Crippen MR) is 97.9 cm³/mol. The minimum atomic E-state index is -0.271. The number of nitrogens with one attached hydrogen (secondary N) is 2. The summed E-state index contributed by atoms with van der Waals surface area (Å²) >= 11 is 0. The zero-order valence-electron chi connectivity index (χ0n) is 14.9. The Bertz CT molecular complexity index is 659. The number of hydrogen-bond donors (Lipinski definition) is 3. The molecule has 0 saturated heterocycles. The number of benzene rings is 1. The highest BCUT2D eigenvalue weighted by Gasteiger charge is 2.15. The second-order valence-corrected chi connectivity index (χ2v) is 6.60. The van der Waals surface area contributed by atoms with Gasteiger partial charge in [0.05, 0.1) is 18.7 Å². The molecule has 0 aliphatic heterocycles. The number of urea groups is 1. The second-order valence-electron chi connectivity index (χ2n) is 6.60. The third kappa shape index (κ3) is 5.83. The fourth-order valence-electron chi connectivity index (χ4n) is 2.67. The van der Waals surface area contributed by atoms with Crippen molar-refractivity contribution >= 4 is 6.03 Å². The molecule has 25 heavy (non-hydrogen) atoms. The molecule has 0 spiro atoms. The van der Waals surface area contributed by atoms with Crippen molar-refractivity contribution in [1.29, 1.82) is 0 Å². The van der Waals surface area contributed by atoms with Crippen LogP contribution in [0, 0.1) is 5.92 Å². The minimum Gasteiger partial charge on any atom is -0.394 e. The Kier molecular flexibility index (Phi) is 6.89. The highest BCUT2D eigenvalue weighted by atomic mass is 16.3. The van der Waals surface area contributed by atoms with Crippen molar-refractivity contribution in [2.75, 3.05) is 6.61 Å². The number of aromatic nitrogens is 2. The van der Waals surface area contributed by atoms with Crippen LogP contribution in [0.25, 0.3) is 11.1 Å². The average Bonchev–Trinajstić information content (AvgIpc) is 2.61. The van der Waals surface area contributed by atoms with E-state index in [-0.39, 0.29) is 24.7 Å². The molecule has 1 heterocycles. The van der Waals surface area contributed by atoms with Crippen molar-refractivity contribution in [2.24, 2.45) is 5.92 Å². The van der Waals surface area contributed by atoms with Crippen LogP contribution in [0.3, 0.4) is 0 Å². The maximum Gasteiger partial charge on any atom is 0.315 e. The molecule has 0 unspecified atom stereocenters. The number of amides is 2. The number of nitrogens with zero attached hydrogens (tertiary/aromatic N) is 2. The van der Waals surface area contributed by atoms with Gasteiger partial charge >= 0.3 is 6.03 Å². The Hall–Kier alpha value is -2.47. The van der Waals surface area contributed by atoms with Crippen LogP contribution >= 0.6 is 0 Å². The summed E-state index contributed by atoms with van der Waals surface area (Å²) in [5, 5.41) is 15.1. The van der Waals surface area contributed by atoms with E-state index in [1.54, 1.807) is 12.4 Å². The van der Waals surface area contributed by atoms with Crippen molar-refractivity contribution in [1.82, 2.24) is 20.6 Å². The van der Waals surface area contributed by atoms with Crippen LogP contribution in [0.4, 0.5) is 4.79 Å². The van der Waals surface area contributed by atoms with E-state index in [4.69, 9.17) is 0 Å². The standard InChI is InChI=1S/C19H26N4O2/c1-13(2)8-18(11-24)23-19(25)22-14(3)15-4-6-16(7-5-15)17-9-20-12-21-10-17/h4-7,9-10,12-14,18,24H,8,11H2,1-3H3,(H2,22,23,25)/t14-,18-/m1/s1.